The smallest absolute Gasteiger partial charge is 0.303 e. The first-order valence-electron chi connectivity index (χ1n) is 8.99. The molecule has 0 bridgehead atoms. The summed E-state index contributed by atoms with van der Waals surface area (Å²) in [6, 6.07) is -1.40. The molecule has 0 spiro atoms. The molecule has 0 radical (unpaired) electrons. The van der Waals surface area contributed by atoms with Crippen molar-refractivity contribution in [1.82, 2.24) is 10.6 Å². The molecular formula is C17H34N4O6. The fourth-order valence-electron chi connectivity index (χ4n) is 1.71. The van der Waals surface area contributed by atoms with Crippen LogP contribution < -0.4 is 22.1 Å². The molecule has 0 fully saturated rings. The van der Waals surface area contributed by atoms with Crippen molar-refractivity contribution in [3.63, 3.8) is 0 Å². The van der Waals surface area contributed by atoms with Crippen LogP contribution in [0.1, 0.15) is 59.8 Å². The molecular weight excluding hydrogens is 356 g/mol. The second-order valence-corrected chi connectivity index (χ2v) is 5.14. The van der Waals surface area contributed by atoms with E-state index in [0.717, 1.165) is 6.42 Å². The van der Waals surface area contributed by atoms with Gasteiger partial charge in [0, 0.05) is 13.0 Å². The number of carbonyl (C=O) groups excluding carboxylic acids is 4. The molecule has 0 saturated carbocycles. The SMILES string of the molecule is CC.CCCC(N)C(=O)C(=O)NCC.NC(=O)C(CCCC(=O)O)NC=O. The van der Waals surface area contributed by atoms with E-state index in [4.69, 9.17) is 16.6 Å². The van der Waals surface area contributed by atoms with Crippen LogP contribution in [0.3, 0.4) is 0 Å². The van der Waals surface area contributed by atoms with Crippen LogP contribution in [0.15, 0.2) is 0 Å². The van der Waals surface area contributed by atoms with Crippen molar-refractivity contribution >= 4 is 30.0 Å². The van der Waals surface area contributed by atoms with Crippen molar-refractivity contribution in [3.05, 3.63) is 0 Å². The van der Waals surface area contributed by atoms with Gasteiger partial charge in [0.15, 0.2) is 0 Å². The standard InChI is InChI=1S/C8H16N2O2.C7H12N2O4.C2H6/c1-3-5-6(9)7(11)8(12)10-4-2;8-7(13)5(9-4-10)2-1-3-6(11)12;1-2/h6H,3-5,9H2,1-2H3,(H,10,12);4-5H,1-3H2,(H2,8,13)(H,9,10)(H,11,12);1-2H3. The van der Waals surface area contributed by atoms with Crippen LogP contribution in [-0.4, -0.2) is 53.7 Å². The van der Waals surface area contributed by atoms with Gasteiger partial charge < -0.3 is 27.2 Å². The van der Waals surface area contributed by atoms with Gasteiger partial charge in [-0.2, -0.15) is 0 Å². The lowest BCUT2D eigenvalue weighted by atomic mass is 10.1. The number of hydrogen-bond acceptors (Lipinski definition) is 6. The summed E-state index contributed by atoms with van der Waals surface area (Å²) >= 11 is 0. The normalized spacial score (nSPS) is 11.3. The van der Waals surface area contributed by atoms with Crippen molar-refractivity contribution in [2.24, 2.45) is 11.5 Å². The van der Waals surface area contributed by atoms with Crippen molar-refractivity contribution in [2.75, 3.05) is 6.54 Å². The summed E-state index contributed by atoms with van der Waals surface area (Å²) in [5, 5.41) is 12.9. The molecule has 0 saturated heterocycles. The Hall–Kier alpha value is -2.49. The van der Waals surface area contributed by atoms with Gasteiger partial charge in [-0.15, -0.1) is 0 Å². The number of Topliss-reactive ketones (excluding diaryl/α,β-unsaturated/α-hetero) is 1. The number of nitrogens with one attached hydrogen (secondary N) is 2. The van der Waals surface area contributed by atoms with Crippen molar-refractivity contribution in [1.29, 1.82) is 0 Å². The summed E-state index contributed by atoms with van der Waals surface area (Å²) in [5.74, 6) is -2.68. The molecule has 0 aliphatic carbocycles. The van der Waals surface area contributed by atoms with E-state index in [1.807, 2.05) is 20.8 Å². The summed E-state index contributed by atoms with van der Waals surface area (Å²) in [7, 11) is 0. The van der Waals surface area contributed by atoms with E-state index in [1.165, 1.54) is 0 Å². The second kappa shape index (κ2) is 19.8. The Kier molecular flexibility index (Phi) is 21.5. The number of likely N-dealkylation sites (N-methyl/N-ethyl adjacent to an activating group) is 1. The van der Waals surface area contributed by atoms with Crippen LogP contribution in [0, 0.1) is 0 Å². The zero-order chi connectivity index (χ0) is 21.8. The molecule has 0 aromatic carbocycles. The van der Waals surface area contributed by atoms with E-state index in [-0.39, 0.29) is 12.8 Å². The number of hydrogen-bond donors (Lipinski definition) is 5. The molecule has 0 aliphatic heterocycles. The van der Waals surface area contributed by atoms with Gasteiger partial charge in [0.05, 0.1) is 6.04 Å². The van der Waals surface area contributed by atoms with Gasteiger partial charge in [-0.1, -0.05) is 27.2 Å². The number of primary amides is 1. The molecule has 0 heterocycles. The first-order chi connectivity index (χ1) is 12.7. The van der Waals surface area contributed by atoms with Crippen LogP contribution in [0.2, 0.25) is 0 Å². The highest BCUT2D eigenvalue weighted by Gasteiger charge is 2.19. The minimum atomic E-state index is -0.936. The third-order valence-electron chi connectivity index (χ3n) is 2.99. The van der Waals surface area contributed by atoms with Gasteiger partial charge in [-0.3, -0.25) is 24.0 Å². The Morgan fingerprint density at radius 3 is 2.04 bits per heavy atom. The molecule has 2 atom stereocenters. The molecule has 0 aromatic rings. The molecule has 0 rings (SSSR count). The maximum Gasteiger partial charge on any atom is 0.303 e. The number of aliphatic carboxylic acids is 1. The predicted octanol–water partition coefficient (Wildman–Crippen LogP) is -0.314. The van der Waals surface area contributed by atoms with E-state index in [2.05, 4.69) is 10.6 Å². The highest BCUT2D eigenvalue weighted by atomic mass is 16.4. The van der Waals surface area contributed by atoms with Crippen LogP contribution in [0.25, 0.3) is 0 Å². The summed E-state index contributed by atoms with van der Waals surface area (Å²) in [6.07, 6.45) is 2.27. The zero-order valence-electron chi connectivity index (χ0n) is 16.6. The molecule has 0 aliphatic rings. The molecule has 158 valence electrons. The molecule has 7 N–H and O–H groups in total. The average Bonchev–Trinajstić information content (AvgIpc) is 2.62. The maximum absolute atomic E-state index is 11.1. The average molecular weight is 390 g/mol. The van der Waals surface area contributed by atoms with Crippen LogP contribution in [0.5, 0.6) is 0 Å². The summed E-state index contributed by atoms with van der Waals surface area (Å²) in [6.45, 7) is 8.14. The first kappa shape index (κ1) is 29.3. The Labute approximate surface area is 160 Å². The van der Waals surface area contributed by atoms with Gasteiger partial charge in [0.2, 0.25) is 18.1 Å². The number of carboxylic acid groups (broad SMARTS) is 1. The summed E-state index contributed by atoms with van der Waals surface area (Å²) < 4.78 is 0. The van der Waals surface area contributed by atoms with E-state index in [1.54, 1.807) is 6.92 Å². The third kappa shape index (κ3) is 18.1. The number of carbonyl (C=O) groups is 5. The lowest BCUT2D eigenvalue weighted by molar-refractivity contribution is -0.138. The second-order valence-electron chi connectivity index (χ2n) is 5.14. The highest BCUT2D eigenvalue weighted by Crippen LogP contribution is 2.00. The fraction of sp³-hybridized carbons (Fsp3) is 0.706. The van der Waals surface area contributed by atoms with Crippen molar-refractivity contribution in [3.8, 4) is 0 Å². The zero-order valence-corrected chi connectivity index (χ0v) is 16.6. The molecule has 3 amide bonds. The quantitative estimate of drug-likeness (QED) is 0.223. The Morgan fingerprint density at radius 2 is 1.67 bits per heavy atom. The first-order valence-corrected chi connectivity index (χ1v) is 8.99. The lowest BCUT2D eigenvalue weighted by Gasteiger charge is -2.10. The number of carboxylic acids is 1. The monoisotopic (exact) mass is 390 g/mol. The number of nitrogens with two attached hydrogens (primary N) is 2. The number of rotatable bonds is 12. The number of amides is 3. The fourth-order valence-corrected chi connectivity index (χ4v) is 1.71. The minimum absolute atomic E-state index is 0.0374. The molecule has 0 aromatic heterocycles. The van der Waals surface area contributed by atoms with E-state index >= 15 is 0 Å². The third-order valence-corrected chi connectivity index (χ3v) is 2.99. The van der Waals surface area contributed by atoms with Gasteiger partial charge in [-0.25, -0.2) is 0 Å². The Balaban J connectivity index is -0.000000391. The van der Waals surface area contributed by atoms with E-state index in [0.29, 0.717) is 25.8 Å². The Morgan fingerprint density at radius 1 is 1.11 bits per heavy atom. The molecule has 10 heteroatoms. The van der Waals surface area contributed by atoms with E-state index < -0.39 is 35.7 Å². The highest BCUT2D eigenvalue weighted by molar-refractivity contribution is 6.38. The van der Waals surface area contributed by atoms with Crippen LogP contribution in [0.4, 0.5) is 0 Å². The van der Waals surface area contributed by atoms with Crippen molar-refractivity contribution < 1.29 is 29.1 Å². The van der Waals surface area contributed by atoms with Gasteiger partial charge in [-0.05, 0) is 26.2 Å². The number of ketones is 1. The van der Waals surface area contributed by atoms with Crippen molar-refractivity contribution in [2.45, 2.75) is 71.9 Å². The molecule has 2 unspecified atom stereocenters. The topological polar surface area (TPSA) is 182 Å². The Bertz CT molecular complexity index is 457. The minimum Gasteiger partial charge on any atom is -0.481 e. The maximum atomic E-state index is 11.1. The van der Waals surface area contributed by atoms with Gasteiger partial charge in [0.1, 0.15) is 6.04 Å². The van der Waals surface area contributed by atoms with Crippen LogP contribution in [-0.2, 0) is 24.0 Å². The lowest BCUT2D eigenvalue weighted by Crippen LogP contribution is -2.42. The largest absolute Gasteiger partial charge is 0.481 e. The van der Waals surface area contributed by atoms with Gasteiger partial charge in [0.25, 0.3) is 5.91 Å². The molecule has 27 heavy (non-hydrogen) atoms. The van der Waals surface area contributed by atoms with E-state index in [9.17, 15) is 24.0 Å². The molecule has 10 nitrogen and oxygen atoms in total. The summed E-state index contributed by atoms with van der Waals surface area (Å²) in [5.41, 5.74) is 10.4. The van der Waals surface area contributed by atoms with Crippen LogP contribution >= 0.6 is 0 Å². The van der Waals surface area contributed by atoms with Gasteiger partial charge >= 0.3 is 5.97 Å². The predicted molar refractivity (Wildman–Crippen MR) is 102 cm³/mol. The summed E-state index contributed by atoms with van der Waals surface area (Å²) in [4.78, 5) is 52.7.